The van der Waals surface area contributed by atoms with Gasteiger partial charge in [-0.25, -0.2) is 4.79 Å². The van der Waals surface area contributed by atoms with Gasteiger partial charge < -0.3 is 20.1 Å². The maximum absolute atomic E-state index is 11.6. The lowest BCUT2D eigenvalue weighted by Crippen LogP contribution is -2.38. The number of urea groups is 1. The molecule has 0 saturated heterocycles. The summed E-state index contributed by atoms with van der Waals surface area (Å²) in [5.74, 6) is 0.787. The fourth-order valence-electron chi connectivity index (χ4n) is 1.93. The van der Waals surface area contributed by atoms with E-state index in [2.05, 4.69) is 17.6 Å². The second-order valence-electron chi connectivity index (χ2n) is 5.31. The summed E-state index contributed by atoms with van der Waals surface area (Å²) in [5.41, 5.74) is 2.25. The maximum atomic E-state index is 11.6. The molecular formula is C17H28N2O3. The first kappa shape index (κ1) is 18.3. The van der Waals surface area contributed by atoms with E-state index in [0.717, 1.165) is 37.2 Å². The van der Waals surface area contributed by atoms with Gasteiger partial charge >= 0.3 is 6.03 Å². The molecule has 124 valence electrons. The number of ether oxygens (including phenoxy) is 2. The summed E-state index contributed by atoms with van der Waals surface area (Å²) >= 11 is 0. The minimum atomic E-state index is -0.224. The van der Waals surface area contributed by atoms with Gasteiger partial charge in [-0.05, 0) is 38.3 Å². The molecule has 0 spiro atoms. The highest BCUT2D eigenvalue weighted by Gasteiger charge is 2.02. The molecule has 5 heteroatoms. The summed E-state index contributed by atoms with van der Waals surface area (Å²) in [6.45, 7) is 8.39. The third kappa shape index (κ3) is 7.88. The lowest BCUT2D eigenvalue weighted by atomic mass is 10.1. The molecule has 5 nitrogen and oxygen atoms in total. The molecule has 0 aliphatic heterocycles. The van der Waals surface area contributed by atoms with Crippen LogP contribution >= 0.6 is 0 Å². The summed E-state index contributed by atoms with van der Waals surface area (Å²) in [4.78, 5) is 11.6. The second-order valence-corrected chi connectivity index (χ2v) is 5.31. The van der Waals surface area contributed by atoms with Gasteiger partial charge in [0.05, 0.1) is 0 Å². The van der Waals surface area contributed by atoms with E-state index in [0.29, 0.717) is 13.2 Å². The Kier molecular flexibility index (Phi) is 9.07. The number of hydrogen-bond acceptors (Lipinski definition) is 3. The van der Waals surface area contributed by atoms with E-state index in [1.807, 2.05) is 32.0 Å². The monoisotopic (exact) mass is 308 g/mol. The third-order valence-corrected chi connectivity index (χ3v) is 3.18. The molecule has 1 aromatic rings. The van der Waals surface area contributed by atoms with Gasteiger partial charge in [0, 0.05) is 19.8 Å². The van der Waals surface area contributed by atoms with Gasteiger partial charge in [-0.2, -0.15) is 0 Å². The first-order valence-corrected chi connectivity index (χ1v) is 7.93. The van der Waals surface area contributed by atoms with Crippen LogP contribution < -0.4 is 15.4 Å². The number of aryl methyl sites for hydroxylation is 2. The summed E-state index contributed by atoms with van der Waals surface area (Å²) in [6, 6.07) is 5.73. The van der Waals surface area contributed by atoms with Gasteiger partial charge in [0.1, 0.15) is 5.75 Å². The van der Waals surface area contributed by atoms with E-state index >= 15 is 0 Å². The van der Waals surface area contributed by atoms with Gasteiger partial charge in [0.2, 0.25) is 0 Å². The normalized spacial score (nSPS) is 10.3. The van der Waals surface area contributed by atoms with Crippen LogP contribution in [0.5, 0.6) is 5.75 Å². The molecule has 22 heavy (non-hydrogen) atoms. The topological polar surface area (TPSA) is 59.6 Å². The molecule has 0 saturated carbocycles. The molecule has 1 rings (SSSR count). The van der Waals surface area contributed by atoms with Crippen molar-refractivity contribution in [3.05, 3.63) is 29.3 Å². The van der Waals surface area contributed by atoms with Crippen LogP contribution in [0.3, 0.4) is 0 Å². The molecule has 0 bridgehead atoms. The van der Waals surface area contributed by atoms with E-state index < -0.39 is 0 Å². The van der Waals surface area contributed by atoms with Crippen molar-refractivity contribution in [2.75, 3.05) is 26.5 Å². The van der Waals surface area contributed by atoms with Gasteiger partial charge in [-0.3, -0.25) is 0 Å². The van der Waals surface area contributed by atoms with Crippen molar-refractivity contribution < 1.29 is 14.3 Å². The van der Waals surface area contributed by atoms with Gasteiger partial charge in [0.15, 0.2) is 6.73 Å². The van der Waals surface area contributed by atoms with Crippen LogP contribution in [0.15, 0.2) is 18.2 Å². The van der Waals surface area contributed by atoms with Crippen molar-refractivity contribution >= 4 is 6.03 Å². The average Bonchev–Trinajstić information content (AvgIpc) is 2.48. The molecule has 2 N–H and O–H groups in total. The largest absolute Gasteiger partial charge is 0.473 e. The van der Waals surface area contributed by atoms with E-state index in [1.165, 1.54) is 5.56 Å². The summed E-state index contributed by atoms with van der Waals surface area (Å²) in [7, 11) is 0. The number of nitrogens with one attached hydrogen (secondary N) is 2. The Morgan fingerprint density at radius 2 is 1.91 bits per heavy atom. The van der Waals surface area contributed by atoms with Crippen LogP contribution in [0.4, 0.5) is 4.79 Å². The Hall–Kier alpha value is -1.75. The quantitative estimate of drug-likeness (QED) is 0.515. The van der Waals surface area contributed by atoms with E-state index in [-0.39, 0.29) is 12.8 Å². The van der Waals surface area contributed by atoms with Crippen molar-refractivity contribution in [3.8, 4) is 5.75 Å². The van der Waals surface area contributed by atoms with Gasteiger partial charge in [0.25, 0.3) is 0 Å². The average molecular weight is 308 g/mol. The van der Waals surface area contributed by atoms with E-state index in [4.69, 9.17) is 9.47 Å². The van der Waals surface area contributed by atoms with Gasteiger partial charge in [-0.15, -0.1) is 0 Å². The van der Waals surface area contributed by atoms with Crippen molar-refractivity contribution in [3.63, 3.8) is 0 Å². The number of carbonyl (C=O) groups excluding carboxylic acids is 1. The van der Waals surface area contributed by atoms with Crippen LogP contribution in [0, 0.1) is 13.8 Å². The van der Waals surface area contributed by atoms with E-state index in [9.17, 15) is 4.79 Å². The molecular weight excluding hydrogens is 280 g/mol. The second kappa shape index (κ2) is 10.9. The third-order valence-electron chi connectivity index (χ3n) is 3.18. The molecule has 0 atom stereocenters. The SMILES string of the molecule is CCCCOCCCNC(=O)NCOc1ccc(C)cc1C. The zero-order chi connectivity index (χ0) is 16.2. The van der Waals surface area contributed by atoms with Crippen LogP contribution in [0.2, 0.25) is 0 Å². The highest BCUT2D eigenvalue weighted by Crippen LogP contribution is 2.18. The molecule has 2 amide bonds. The molecule has 0 aliphatic rings. The number of unbranched alkanes of at least 4 members (excludes halogenated alkanes) is 1. The summed E-state index contributed by atoms with van der Waals surface area (Å²) in [6.07, 6.45) is 3.04. The number of rotatable bonds is 10. The highest BCUT2D eigenvalue weighted by atomic mass is 16.5. The molecule has 0 fully saturated rings. The molecule has 0 radical (unpaired) electrons. The van der Waals surface area contributed by atoms with Crippen LogP contribution in [0.25, 0.3) is 0 Å². The Labute approximate surface area is 133 Å². The maximum Gasteiger partial charge on any atom is 0.317 e. The molecule has 0 aromatic heterocycles. The Morgan fingerprint density at radius 3 is 2.64 bits per heavy atom. The predicted octanol–water partition coefficient (Wildman–Crippen LogP) is 3.15. The fraction of sp³-hybridized carbons (Fsp3) is 0.588. The highest BCUT2D eigenvalue weighted by molar-refractivity contribution is 5.73. The zero-order valence-electron chi connectivity index (χ0n) is 13.9. The number of amides is 2. The minimum Gasteiger partial charge on any atom is -0.473 e. The van der Waals surface area contributed by atoms with Crippen LogP contribution in [-0.2, 0) is 4.74 Å². The van der Waals surface area contributed by atoms with E-state index in [1.54, 1.807) is 0 Å². The zero-order valence-corrected chi connectivity index (χ0v) is 13.9. The van der Waals surface area contributed by atoms with Crippen molar-refractivity contribution in [1.29, 1.82) is 0 Å². The molecule has 0 unspecified atom stereocenters. The van der Waals surface area contributed by atoms with Crippen LogP contribution in [0.1, 0.15) is 37.3 Å². The lowest BCUT2D eigenvalue weighted by molar-refractivity contribution is 0.129. The number of benzene rings is 1. The van der Waals surface area contributed by atoms with Crippen molar-refractivity contribution in [1.82, 2.24) is 10.6 Å². The Bertz CT molecular complexity index is 450. The standard InChI is InChI=1S/C17H28N2O3/c1-4-5-10-21-11-6-9-18-17(20)19-13-22-16-8-7-14(2)12-15(16)3/h7-8,12H,4-6,9-11,13H2,1-3H3,(H2,18,19,20). The molecule has 0 aliphatic carbocycles. The van der Waals surface area contributed by atoms with Gasteiger partial charge in [-0.1, -0.05) is 31.0 Å². The first-order valence-electron chi connectivity index (χ1n) is 7.93. The van der Waals surface area contributed by atoms with Crippen molar-refractivity contribution in [2.45, 2.75) is 40.0 Å². The predicted molar refractivity (Wildman–Crippen MR) is 88.3 cm³/mol. The van der Waals surface area contributed by atoms with Crippen LogP contribution in [-0.4, -0.2) is 32.5 Å². The lowest BCUT2D eigenvalue weighted by Gasteiger charge is -2.11. The Balaban J connectivity index is 2.06. The van der Waals surface area contributed by atoms with Crippen molar-refractivity contribution in [2.24, 2.45) is 0 Å². The first-order chi connectivity index (χ1) is 10.6. The Morgan fingerprint density at radius 1 is 1.14 bits per heavy atom. The number of hydrogen-bond donors (Lipinski definition) is 2. The summed E-state index contributed by atoms with van der Waals surface area (Å²) < 4.78 is 11.0. The fourth-order valence-corrected chi connectivity index (χ4v) is 1.93. The smallest absolute Gasteiger partial charge is 0.317 e. The minimum absolute atomic E-state index is 0.155. The molecule has 1 aromatic carbocycles. The summed E-state index contributed by atoms with van der Waals surface area (Å²) in [5, 5.41) is 5.44. The molecule has 0 heterocycles. The number of carbonyl (C=O) groups is 1.